The lowest BCUT2D eigenvalue weighted by molar-refractivity contribution is 0.181. The normalized spacial score (nSPS) is 16.2. The van der Waals surface area contributed by atoms with E-state index in [0.717, 1.165) is 6.54 Å². The summed E-state index contributed by atoms with van der Waals surface area (Å²) in [4.78, 5) is 2.02. The van der Waals surface area contributed by atoms with Crippen LogP contribution in [0.3, 0.4) is 0 Å². The molecule has 0 radical (unpaired) electrons. The van der Waals surface area contributed by atoms with E-state index in [2.05, 4.69) is 6.58 Å². The smallest absolute Gasteiger partial charge is 0.160 e. The summed E-state index contributed by atoms with van der Waals surface area (Å²) in [5, 5.41) is 0. The first-order valence-electron chi connectivity index (χ1n) is 2.56. The van der Waals surface area contributed by atoms with Crippen LogP contribution in [0, 0.1) is 0 Å². The van der Waals surface area contributed by atoms with Crippen molar-refractivity contribution in [2.24, 2.45) is 0 Å². The molecule has 0 saturated heterocycles. The molecule has 2 nitrogen and oxygen atoms in total. The molecule has 0 atom stereocenters. The molecule has 0 amide bonds. The maximum Gasteiger partial charge on any atom is 0.160 e. The van der Waals surface area contributed by atoms with Gasteiger partial charge in [0.2, 0.25) is 0 Å². The van der Waals surface area contributed by atoms with Crippen molar-refractivity contribution in [1.82, 2.24) is 4.90 Å². The number of hydrogen-bond acceptors (Lipinski definition) is 2. The van der Waals surface area contributed by atoms with Crippen molar-refractivity contribution >= 4 is 0 Å². The zero-order valence-corrected chi connectivity index (χ0v) is 4.71. The van der Waals surface area contributed by atoms with Crippen LogP contribution >= 0.6 is 0 Å². The van der Waals surface area contributed by atoms with Gasteiger partial charge < -0.3 is 9.64 Å². The van der Waals surface area contributed by atoms with E-state index in [4.69, 9.17) is 4.74 Å². The van der Waals surface area contributed by atoms with Gasteiger partial charge in [-0.25, -0.2) is 0 Å². The van der Waals surface area contributed by atoms with Crippen molar-refractivity contribution in [1.29, 1.82) is 0 Å². The molecule has 0 N–H and O–H groups in total. The van der Waals surface area contributed by atoms with Gasteiger partial charge in [0.1, 0.15) is 6.26 Å². The van der Waals surface area contributed by atoms with E-state index >= 15 is 0 Å². The molecule has 2 heteroatoms. The van der Waals surface area contributed by atoms with Gasteiger partial charge in [-0.15, -0.1) is 6.58 Å². The fourth-order valence-corrected chi connectivity index (χ4v) is 0.590. The summed E-state index contributed by atoms with van der Waals surface area (Å²) < 4.78 is 4.91. The van der Waals surface area contributed by atoms with E-state index in [1.807, 2.05) is 17.2 Å². The van der Waals surface area contributed by atoms with Gasteiger partial charge in [-0.1, -0.05) is 6.08 Å². The lowest BCUT2D eigenvalue weighted by Crippen LogP contribution is -2.13. The van der Waals surface area contributed by atoms with Crippen LogP contribution in [0.2, 0.25) is 0 Å². The van der Waals surface area contributed by atoms with E-state index in [1.165, 1.54) is 0 Å². The Bertz CT molecular complexity index is 109. The molecule has 44 valence electrons. The maximum atomic E-state index is 4.91. The zero-order chi connectivity index (χ0) is 5.82. The molecule has 1 rings (SSSR count). The summed E-state index contributed by atoms with van der Waals surface area (Å²) in [6.45, 7) is 5.14. The Morgan fingerprint density at radius 3 is 3.25 bits per heavy atom. The average Bonchev–Trinajstić information content (AvgIpc) is 2.19. The van der Waals surface area contributed by atoms with Gasteiger partial charge >= 0.3 is 0 Å². The number of hydrogen-bond donors (Lipinski definition) is 0. The molecule has 0 bridgehead atoms. The Morgan fingerprint density at radius 1 is 1.88 bits per heavy atom. The van der Waals surface area contributed by atoms with Gasteiger partial charge in [-0.3, -0.25) is 0 Å². The Labute approximate surface area is 49.1 Å². The third-order valence-corrected chi connectivity index (χ3v) is 0.972. The van der Waals surface area contributed by atoms with Gasteiger partial charge in [-0.2, -0.15) is 0 Å². The van der Waals surface area contributed by atoms with E-state index in [-0.39, 0.29) is 0 Å². The van der Waals surface area contributed by atoms with Gasteiger partial charge in [-0.05, 0) is 0 Å². The Balaban J connectivity index is 2.25. The van der Waals surface area contributed by atoms with Crippen molar-refractivity contribution in [3.05, 3.63) is 25.1 Å². The van der Waals surface area contributed by atoms with Crippen molar-refractivity contribution in [3.63, 3.8) is 0 Å². The quantitative estimate of drug-likeness (QED) is 0.491. The minimum atomic E-state index is 0.673. The molecular weight excluding hydrogens is 102 g/mol. The minimum absolute atomic E-state index is 0.673. The highest BCUT2D eigenvalue weighted by Gasteiger charge is 1.99. The third-order valence-electron chi connectivity index (χ3n) is 0.972. The molecule has 0 aromatic heterocycles. The number of ether oxygens (including phenoxy) is 1. The predicted octanol–water partition coefficient (Wildman–Crippen LogP) is 0.933. The van der Waals surface area contributed by atoms with Crippen LogP contribution in [-0.2, 0) is 4.74 Å². The average molecular weight is 111 g/mol. The molecule has 0 aromatic rings. The fourth-order valence-electron chi connectivity index (χ4n) is 0.590. The summed E-state index contributed by atoms with van der Waals surface area (Å²) in [6, 6.07) is 0. The number of nitrogens with zero attached hydrogens (tertiary/aromatic N) is 1. The molecule has 0 unspecified atom stereocenters. The van der Waals surface area contributed by atoms with E-state index < -0.39 is 0 Å². The summed E-state index contributed by atoms with van der Waals surface area (Å²) in [5.41, 5.74) is 0. The summed E-state index contributed by atoms with van der Waals surface area (Å²) in [7, 11) is 0. The molecule has 0 aliphatic carbocycles. The van der Waals surface area contributed by atoms with E-state index in [1.54, 1.807) is 6.26 Å². The summed E-state index contributed by atoms with van der Waals surface area (Å²) >= 11 is 0. The van der Waals surface area contributed by atoms with E-state index in [0.29, 0.717) is 6.73 Å². The summed E-state index contributed by atoms with van der Waals surface area (Å²) in [6.07, 6.45) is 5.43. The van der Waals surface area contributed by atoms with Gasteiger partial charge in [0, 0.05) is 12.7 Å². The minimum Gasteiger partial charge on any atom is -0.479 e. The first-order chi connectivity index (χ1) is 3.93. The molecule has 1 aliphatic heterocycles. The standard InChI is InChI=1S/C6H9NO/c1-2-3-7-4-5-8-6-7/h2,4-5H,1,3,6H2. The molecule has 0 aromatic carbocycles. The highest BCUT2D eigenvalue weighted by molar-refractivity contribution is 4.84. The first-order valence-corrected chi connectivity index (χ1v) is 2.56. The second kappa shape index (κ2) is 2.40. The second-order valence-corrected chi connectivity index (χ2v) is 1.64. The van der Waals surface area contributed by atoms with Gasteiger partial charge in [0.05, 0.1) is 0 Å². The van der Waals surface area contributed by atoms with Crippen molar-refractivity contribution in [3.8, 4) is 0 Å². The highest BCUT2D eigenvalue weighted by atomic mass is 16.5. The SMILES string of the molecule is C=CCN1C=COC1. The maximum absolute atomic E-state index is 4.91. The van der Waals surface area contributed by atoms with Crippen LogP contribution in [0.4, 0.5) is 0 Å². The van der Waals surface area contributed by atoms with Crippen LogP contribution in [0.25, 0.3) is 0 Å². The van der Waals surface area contributed by atoms with Crippen LogP contribution in [0.1, 0.15) is 0 Å². The van der Waals surface area contributed by atoms with Gasteiger partial charge in [0.25, 0.3) is 0 Å². The molecule has 1 aliphatic rings. The molecule has 1 heterocycles. The van der Waals surface area contributed by atoms with Crippen LogP contribution in [0.15, 0.2) is 25.1 Å². The zero-order valence-electron chi connectivity index (χ0n) is 4.71. The molecular formula is C6H9NO. The van der Waals surface area contributed by atoms with Gasteiger partial charge in [0.15, 0.2) is 6.73 Å². The topological polar surface area (TPSA) is 12.5 Å². The van der Waals surface area contributed by atoms with Crippen molar-refractivity contribution in [2.45, 2.75) is 0 Å². The second-order valence-electron chi connectivity index (χ2n) is 1.64. The lowest BCUT2D eigenvalue weighted by Gasteiger charge is -2.08. The van der Waals surface area contributed by atoms with Crippen LogP contribution in [0.5, 0.6) is 0 Å². The molecule has 8 heavy (non-hydrogen) atoms. The highest BCUT2D eigenvalue weighted by Crippen LogP contribution is 1.98. The molecule has 0 spiro atoms. The fraction of sp³-hybridized carbons (Fsp3) is 0.333. The van der Waals surface area contributed by atoms with Crippen molar-refractivity contribution < 1.29 is 4.74 Å². The monoisotopic (exact) mass is 111 g/mol. The van der Waals surface area contributed by atoms with E-state index in [9.17, 15) is 0 Å². The summed E-state index contributed by atoms with van der Waals surface area (Å²) in [5.74, 6) is 0. The van der Waals surface area contributed by atoms with Crippen LogP contribution in [-0.4, -0.2) is 18.2 Å². The predicted molar refractivity (Wildman–Crippen MR) is 32.0 cm³/mol. The molecule has 0 fully saturated rings. The first kappa shape index (κ1) is 5.22. The van der Waals surface area contributed by atoms with Crippen LogP contribution < -0.4 is 0 Å². The Kier molecular flexibility index (Phi) is 1.57. The molecule has 0 saturated carbocycles. The largest absolute Gasteiger partial charge is 0.479 e. The Morgan fingerprint density at radius 2 is 2.75 bits per heavy atom. The number of rotatable bonds is 2. The lowest BCUT2D eigenvalue weighted by atomic mass is 10.6. The Hall–Kier alpha value is -0.920. The van der Waals surface area contributed by atoms with Crippen molar-refractivity contribution in [2.75, 3.05) is 13.3 Å². The third kappa shape index (κ3) is 1.03.